The Morgan fingerprint density at radius 2 is 1.71 bits per heavy atom. The highest BCUT2D eigenvalue weighted by Crippen LogP contribution is 2.51. The van der Waals surface area contributed by atoms with Gasteiger partial charge in [-0.2, -0.15) is 0 Å². The van der Waals surface area contributed by atoms with E-state index >= 15 is 0 Å². The number of aromatic nitrogens is 2. The number of nitrogens with one attached hydrogen (secondary N) is 1. The van der Waals surface area contributed by atoms with E-state index in [1.807, 2.05) is 4.98 Å². The van der Waals surface area contributed by atoms with Crippen molar-refractivity contribution in [3.05, 3.63) is 45.8 Å². The van der Waals surface area contributed by atoms with Gasteiger partial charge in [-0.1, -0.05) is 6.08 Å². The highest BCUT2D eigenvalue weighted by molar-refractivity contribution is 7.48. The van der Waals surface area contributed by atoms with Crippen LogP contribution in [0.4, 0.5) is 14.0 Å². The molecule has 0 aliphatic carbocycles. The summed E-state index contributed by atoms with van der Waals surface area (Å²) in [6.07, 6.45) is -4.74. The minimum atomic E-state index is -4.67. The molecule has 15 nitrogen and oxygen atoms in total. The second-order valence-corrected chi connectivity index (χ2v) is 10.0. The number of ether oxygens (including phenoxy) is 5. The highest BCUT2D eigenvalue weighted by atomic mass is 31.2. The van der Waals surface area contributed by atoms with Gasteiger partial charge in [0.25, 0.3) is 5.56 Å². The molecule has 0 unspecified atom stereocenters. The van der Waals surface area contributed by atoms with E-state index in [0.29, 0.717) is 0 Å². The quantitative estimate of drug-likeness (QED) is 0.159. The minimum Gasteiger partial charge on any atom is -0.432 e. The molecule has 0 amide bonds. The third-order valence-corrected chi connectivity index (χ3v) is 5.90. The van der Waals surface area contributed by atoms with E-state index < -0.39 is 88.2 Å². The average Bonchev–Trinajstić information content (AvgIpc) is 3.13. The van der Waals surface area contributed by atoms with Gasteiger partial charge in [0.2, 0.25) is 13.6 Å². The van der Waals surface area contributed by atoms with Crippen molar-refractivity contribution in [2.24, 2.45) is 0 Å². The number of phosphoric ester groups is 1. The first-order chi connectivity index (χ1) is 17.8. The van der Waals surface area contributed by atoms with Crippen LogP contribution in [0.1, 0.15) is 40.3 Å². The maximum Gasteiger partial charge on any atom is 0.510 e. The first kappa shape index (κ1) is 31.2. The predicted molar refractivity (Wildman–Crippen MR) is 125 cm³/mol. The lowest BCUT2D eigenvalue weighted by Gasteiger charge is -2.27. The summed E-state index contributed by atoms with van der Waals surface area (Å²) in [7, 11) is -4.67. The Balaban J connectivity index is 2.11. The number of nitrogens with zero attached hydrogens (tertiary/aromatic N) is 1. The van der Waals surface area contributed by atoms with Crippen molar-refractivity contribution in [1.29, 1.82) is 0 Å². The largest absolute Gasteiger partial charge is 0.510 e. The number of rotatable bonds is 13. The van der Waals surface area contributed by atoms with Gasteiger partial charge in [0.05, 0.1) is 18.8 Å². The molecule has 2 rings (SSSR count). The van der Waals surface area contributed by atoms with E-state index in [4.69, 9.17) is 27.8 Å². The summed E-state index contributed by atoms with van der Waals surface area (Å²) < 4.78 is 68.5. The van der Waals surface area contributed by atoms with Gasteiger partial charge in [-0.05, 0) is 27.7 Å². The molecule has 1 N–H and O–H groups in total. The summed E-state index contributed by atoms with van der Waals surface area (Å²) in [5.41, 5.74) is -3.25. The monoisotopic (exact) mass is 568 g/mol. The lowest BCUT2D eigenvalue weighted by Crippen LogP contribution is -2.36. The Morgan fingerprint density at radius 1 is 1.16 bits per heavy atom. The Labute approximate surface area is 216 Å². The number of halogens is 1. The van der Waals surface area contributed by atoms with Gasteiger partial charge < -0.3 is 23.7 Å². The topological polar surface area (TPSA) is 180 Å². The average molecular weight is 568 g/mol. The molecule has 0 bridgehead atoms. The van der Waals surface area contributed by atoms with E-state index in [1.165, 1.54) is 0 Å². The zero-order chi connectivity index (χ0) is 28.5. The van der Waals surface area contributed by atoms with Crippen LogP contribution in [0.25, 0.3) is 0 Å². The van der Waals surface area contributed by atoms with Gasteiger partial charge in [-0.3, -0.25) is 18.9 Å². The molecule has 1 fully saturated rings. The lowest BCUT2D eigenvalue weighted by molar-refractivity contribution is -0.0883. The van der Waals surface area contributed by atoms with Crippen LogP contribution in [0, 0.1) is 0 Å². The third-order valence-electron chi connectivity index (χ3n) is 4.61. The first-order valence-electron chi connectivity index (χ1n) is 11.3. The van der Waals surface area contributed by atoms with Crippen molar-refractivity contribution in [3.63, 3.8) is 0 Å². The molecule has 2 heterocycles. The molecule has 3 atom stereocenters. The van der Waals surface area contributed by atoms with Gasteiger partial charge >= 0.3 is 25.8 Å². The van der Waals surface area contributed by atoms with E-state index in [2.05, 4.69) is 16.1 Å². The van der Waals surface area contributed by atoms with Gasteiger partial charge in [-0.15, -0.1) is 6.58 Å². The zero-order valence-corrected chi connectivity index (χ0v) is 22.1. The minimum absolute atomic E-state index is 0.402. The molecule has 1 aliphatic rings. The molecule has 1 aromatic rings. The van der Waals surface area contributed by atoms with E-state index in [-0.39, 0.29) is 0 Å². The fourth-order valence-corrected chi connectivity index (χ4v) is 3.93. The highest BCUT2D eigenvalue weighted by Gasteiger charge is 2.48. The predicted octanol–water partition coefficient (Wildman–Crippen LogP) is 2.91. The molecule has 214 valence electrons. The molecular formula is C21H30FN2O13P. The number of carbonyl (C=O) groups excluding carboxylic acids is 2. The number of H-pyrrole nitrogens is 1. The van der Waals surface area contributed by atoms with Crippen LogP contribution in [0.2, 0.25) is 0 Å². The number of carbonyl (C=O) groups is 2. The molecule has 0 aromatic carbocycles. The maximum atomic E-state index is 14.9. The van der Waals surface area contributed by atoms with Crippen LogP contribution >= 0.6 is 7.82 Å². The number of hydrogen-bond acceptors (Lipinski definition) is 13. The summed E-state index contributed by atoms with van der Waals surface area (Å²) in [6.45, 7) is 7.24. The summed E-state index contributed by atoms with van der Waals surface area (Å²) >= 11 is 0. The maximum absolute atomic E-state index is 14.9. The second-order valence-electron chi connectivity index (χ2n) is 8.35. The van der Waals surface area contributed by atoms with Gasteiger partial charge in [-0.25, -0.2) is 32.4 Å². The van der Waals surface area contributed by atoms with Gasteiger partial charge in [0.15, 0.2) is 6.23 Å². The summed E-state index contributed by atoms with van der Waals surface area (Å²) in [6, 6.07) is 1.01. The normalized spacial score (nSPS) is 21.3. The van der Waals surface area contributed by atoms with Crippen molar-refractivity contribution in [2.45, 2.75) is 64.3 Å². The Morgan fingerprint density at radius 3 is 2.18 bits per heavy atom. The lowest BCUT2D eigenvalue weighted by atomic mass is 10.0. The fourth-order valence-electron chi connectivity index (χ4n) is 2.97. The van der Waals surface area contributed by atoms with Crippen molar-refractivity contribution in [3.8, 4) is 0 Å². The van der Waals surface area contributed by atoms with Crippen molar-refractivity contribution >= 4 is 20.1 Å². The molecule has 0 saturated carbocycles. The molecule has 38 heavy (non-hydrogen) atoms. The Kier molecular flexibility index (Phi) is 11.2. The molecule has 1 aromatic heterocycles. The van der Waals surface area contributed by atoms with Crippen molar-refractivity contribution in [1.82, 2.24) is 9.55 Å². The molecule has 17 heteroatoms. The van der Waals surface area contributed by atoms with E-state index in [1.54, 1.807) is 27.7 Å². The van der Waals surface area contributed by atoms with Crippen LogP contribution < -0.4 is 11.2 Å². The van der Waals surface area contributed by atoms with E-state index in [0.717, 1.165) is 22.9 Å². The molecule has 0 radical (unpaired) electrons. The zero-order valence-electron chi connectivity index (χ0n) is 21.2. The second kappa shape index (κ2) is 13.7. The Hall–Kier alpha value is -3.04. The summed E-state index contributed by atoms with van der Waals surface area (Å²) in [5, 5.41) is 0. The standard InChI is InChI=1S/C21H30FN2O13P/c1-6-21(9-15(22)17(37-21)24-8-7-16(25)23-18(24)26)10-32-38(29,33-11-30-19(27)35-13(2)3)34-12-31-20(28)36-14(4)5/h6-8,13-15,17H,1,9-12H2,2-5H3,(H,23,25,26)/t15-,17-,21+/m1/s1. The SMILES string of the molecule is C=C[C@@]1(COP(=O)(OCOC(=O)OC(C)C)OCOC(=O)OC(C)C)C[C@@H](F)[C@H](n2ccc(=O)[nH]c2=O)O1. The summed E-state index contributed by atoms with van der Waals surface area (Å²) in [4.78, 5) is 48.5. The third kappa shape index (κ3) is 9.36. The molecule has 0 spiro atoms. The van der Waals surface area contributed by atoms with Gasteiger partial charge in [0, 0.05) is 18.7 Å². The summed E-state index contributed by atoms with van der Waals surface area (Å²) in [5.74, 6) is 0. The fraction of sp³-hybridized carbons (Fsp3) is 0.619. The van der Waals surface area contributed by atoms with Crippen molar-refractivity contribution < 1.29 is 55.8 Å². The van der Waals surface area contributed by atoms with Gasteiger partial charge in [0.1, 0.15) is 11.8 Å². The van der Waals surface area contributed by atoms with Crippen molar-refractivity contribution in [2.75, 3.05) is 20.2 Å². The van der Waals surface area contributed by atoms with E-state index in [9.17, 15) is 28.1 Å². The molecule has 1 saturated heterocycles. The van der Waals surface area contributed by atoms with Crippen LogP contribution in [0.5, 0.6) is 0 Å². The Bertz CT molecular complexity index is 1100. The van der Waals surface area contributed by atoms with Crippen LogP contribution in [0.15, 0.2) is 34.5 Å². The molecular weight excluding hydrogens is 538 g/mol. The number of aromatic amines is 1. The van der Waals surface area contributed by atoms with Crippen LogP contribution in [-0.2, 0) is 41.8 Å². The number of phosphoric acid groups is 1. The number of alkyl halides is 1. The number of hydrogen-bond donors (Lipinski definition) is 1. The first-order valence-corrected chi connectivity index (χ1v) is 12.7. The molecule has 1 aliphatic heterocycles. The van der Waals surface area contributed by atoms with Crippen LogP contribution in [-0.4, -0.2) is 66.0 Å². The van der Waals surface area contributed by atoms with Crippen LogP contribution in [0.3, 0.4) is 0 Å². The smallest absolute Gasteiger partial charge is 0.432 e.